The quantitative estimate of drug-likeness (QED) is 0.272. The lowest BCUT2D eigenvalue weighted by Gasteiger charge is -2.34. The van der Waals surface area contributed by atoms with Crippen LogP contribution in [0.4, 0.5) is 0 Å². The Morgan fingerprint density at radius 2 is 1.02 bits per heavy atom. The summed E-state index contributed by atoms with van der Waals surface area (Å²) in [7, 11) is 6.75. The molecule has 0 spiro atoms. The molecular weight excluding hydrogens is 584 g/mol. The molecule has 3 aliphatic rings. The Hall–Kier alpha value is -4.68. The maximum Gasteiger partial charge on any atom is 0.276 e. The van der Waals surface area contributed by atoms with Crippen molar-refractivity contribution >= 4 is 35.9 Å². The van der Waals surface area contributed by atoms with Gasteiger partial charge in [-0.05, 0) is 60.4 Å². The Labute approximate surface area is 271 Å². The van der Waals surface area contributed by atoms with Gasteiger partial charge in [0.05, 0.1) is 14.2 Å². The van der Waals surface area contributed by atoms with Crippen molar-refractivity contribution in [3.05, 3.63) is 71.1 Å². The van der Waals surface area contributed by atoms with Crippen LogP contribution in [0, 0.1) is 0 Å². The van der Waals surface area contributed by atoms with Crippen molar-refractivity contribution in [2.24, 2.45) is 9.98 Å². The average Bonchev–Trinajstić information content (AvgIpc) is 3.50. The molecule has 3 aliphatic heterocycles. The summed E-state index contributed by atoms with van der Waals surface area (Å²) in [6.07, 6.45) is 5.51. The van der Waals surface area contributed by atoms with Crippen LogP contribution in [-0.4, -0.2) is 124 Å². The fraction of sp³-hybridized carbons (Fsp3) is 0.412. The number of ether oxygens (including phenoxy) is 2. The first-order valence-electron chi connectivity index (χ1n) is 15.7. The number of guanidine groups is 2. The molecule has 2 amide bonds. The number of methoxy groups -OCH3 is 2. The summed E-state index contributed by atoms with van der Waals surface area (Å²) in [5.74, 6) is 2.54. The maximum atomic E-state index is 12.7. The van der Waals surface area contributed by atoms with E-state index in [1.807, 2.05) is 60.7 Å². The number of carbonyl (C=O) groups is 2. The first kappa shape index (κ1) is 32.7. The molecule has 12 nitrogen and oxygen atoms in total. The molecule has 244 valence electrons. The minimum Gasteiger partial charge on any atom is -0.497 e. The molecule has 0 aromatic heterocycles. The molecule has 3 saturated heterocycles. The summed E-state index contributed by atoms with van der Waals surface area (Å²) >= 11 is 0. The van der Waals surface area contributed by atoms with Crippen LogP contribution in [-0.2, 0) is 9.59 Å². The minimum absolute atomic E-state index is 0.0941. The van der Waals surface area contributed by atoms with Gasteiger partial charge >= 0.3 is 0 Å². The van der Waals surface area contributed by atoms with E-state index in [-0.39, 0.29) is 11.8 Å². The number of carbonyl (C=O) groups excluding carboxylic acids is 2. The third-order valence-electron chi connectivity index (χ3n) is 8.31. The van der Waals surface area contributed by atoms with Crippen molar-refractivity contribution < 1.29 is 19.1 Å². The number of rotatable bonds is 12. The number of aliphatic imine (C=N–C) groups is 2. The Bertz CT molecular complexity index is 1380. The van der Waals surface area contributed by atoms with E-state index in [4.69, 9.17) is 9.47 Å². The van der Waals surface area contributed by atoms with Crippen molar-refractivity contribution in [2.45, 2.75) is 12.8 Å². The molecule has 0 atom stereocenters. The van der Waals surface area contributed by atoms with Gasteiger partial charge in [-0.2, -0.15) is 0 Å². The van der Waals surface area contributed by atoms with E-state index in [0.717, 1.165) is 74.7 Å². The lowest BCUT2D eigenvalue weighted by atomic mass is 10.2. The van der Waals surface area contributed by atoms with Crippen LogP contribution in [0.15, 0.2) is 69.9 Å². The van der Waals surface area contributed by atoms with Crippen molar-refractivity contribution in [3.63, 3.8) is 0 Å². The average molecular weight is 629 g/mol. The molecule has 3 fully saturated rings. The second kappa shape index (κ2) is 15.5. The fourth-order valence-corrected chi connectivity index (χ4v) is 5.48. The van der Waals surface area contributed by atoms with Gasteiger partial charge < -0.3 is 29.9 Å². The smallest absolute Gasteiger partial charge is 0.276 e. The third kappa shape index (κ3) is 8.32. The molecule has 3 heterocycles. The molecule has 0 bridgehead atoms. The number of nitrogens with zero attached hydrogens (tertiary/aromatic N) is 6. The second-order valence-electron chi connectivity index (χ2n) is 11.4. The summed E-state index contributed by atoms with van der Waals surface area (Å²) in [6, 6.07) is 15.1. The molecule has 0 aliphatic carbocycles. The van der Waals surface area contributed by atoms with E-state index in [2.05, 4.69) is 30.4 Å². The van der Waals surface area contributed by atoms with Crippen molar-refractivity contribution in [1.29, 1.82) is 0 Å². The number of amides is 2. The monoisotopic (exact) mass is 628 g/mol. The zero-order chi connectivity index (χ0) is 32.5. The van der Waals surface area contributed by atoms with Crippen LogP contribution >= 0.6 is 0 Å². The van der Waals surface area contributed by atoms with Gasteiger partial charge in [0.15, 0.2) is 0 Å². The number of hydrogen-bond acceptors (Lipinski definition) is 8. The van der Waals surface area contributed by atoms with E-state index in [0.29, 0.717) is 36.4 Å². The zero-order valence-corrected chi connectivity index (χ0v) is 27.2. The predicted octanol–water partition coefficient (Wildman–Crippen LogP) is 2.32. The third-order valence-corrected chi connectivity index (χ3v) is 8.31. The molecule has 5 rings (SSSR count). The Morgan fingerprint density at radius 1 is 0.652 bits per heavy atom. The van der Waals surface area contributed by atoms with Crippen LogP contribution in [0.3, 0.4) is 0 Å². The van der Waals surface area contributed by atoms with Crippen LogP contribution in [0.25, 0.3) is 12.2 Å². The Morgan fingerprint density at radius 3 is 1.37 bits per heavy atom. The normalized spacial score (nSPS) is 21.1. The van der Waals surface area contributed by atoms with Gasteiger partial charge in [-0.1, -0.05) is 24.3 Å². The number of likely N-dealkylation sites (N-methyl/N-ethyl adjacent to an activating group) is 2. The Balaban J connectivity index is 0.986. The molecule has 12 heteroatoms. The van der Waals surface area contributed by atoms with E-state index in [1.54, 1.807) is 38.1 Å². The SMILES string of the molecule is COc1ccc(/C=C2\NC(=NCCCN3CCN(CCCN=C4N/C(=C\c5ccc(OC)cc5)C(=O)N4C)CC3)N(C)C2=O)cc1. The van der Waals surface area contributed by atoms with E-state index in [1.165, 1.54) is 0 Å². The number of piperazine rings is 1. The molecule has 46 heavy (non-hydrogen) atoms. The zero-order valence-electron chi connectivity index (χ0n) is 27.2. The van der Waals surface area contributed by atoms with E-state index >= 15 is 0 Å². The first-order valence-corrected chi connectivity index (χ1v) is 15.7. The van der Waals surface area contributed by atoms with Gasteiger partial charge in [0.2, 0.25) is 11.9 Å². The van der Waals surface area contributed by atoms with Gasteiger partial charge in [0, 0.05) is 66.5 Å². The minimum atomic E-state index is -0.0941. The maximum absolute atomic E-state index is 12.7. The Kier molecular flexibility index (Phi) is 11.1. The fourth-order valence-electron chi connectivity index (χ4n) is 5.48. The molecule has 0 radical (unpaired) electrons. The topological polar surface area (TPSA) is 114 Å². The summed E-state index contributed by atoms with van der Waals surface area (Å²) in [4.78, 5) is 42.8. The lowest BCUT2D eigenvalue weighted by Crippen LogP contribution is -2.47. The summed E-state index contributed by atoms with van der Waals surface area (Å²) in [5, 5.41) is 6.34. The van der Waals surface area contributed by atoms with Gasteiger partial charge in [0.1, 0.15) is 22.9 Å². The summed E-state index contributed by atoms with van der Waals surface area (Å²) in [5.41, 5.74) is 2.86. The second-order valence-corrected chi connectivity index (χ2v) is 11.4. The molecular formula is C34H44N8O4. The largest absolute Gasteiger partial charge is 0.497 e. The number of hydrogen-bond donors (Lipinski definition) is 2. The van der Waals surface area contributed by atoms with Crippen molar-refractivity contribution in [1.82, 2.24) is 30.2 Å². The number of nitrogens with one attached hydrogen (secondary N) is 2. The van der Waals surface area contributed by atoms with Gasteiger partial charge in [-0.3, -0.25) is 29.4 Å². The highest BCUT2D eigenvalue weighted by atomic mass is 16.5. The lowest BCUT2D eigenvalue weighted by molar-refractivity contribution is -0.122. The predicted molar refractivity (Wildman–Crippen MR) is 180 cm³/mol. The summed E-state index contributed by atoms with van der Waals surface area (Å²) < 4.78 is 10.4. The van der Waals surface area contributed by atoms with Crippen molar-refractivity contribution in [3.8, 4) is 11.5 Å². The number of benzene rings is 2. The van der Waals surface area contributed by atoms with E-state index < -0.39 is 0 Å². The van der Waals surface area contributed by atoms with Gasteiger partial charge in [-0.15, -0.1) is 0 Å². The van der Waals surface area contributed by atoms with Crippen LogP contribution in [0.5, 0.6) is 11.5 Å². The molecule has 0 unspecified atom stereocenters. The van der Waals surface area contributed by atoms with Gasteiger partial charge in [0.25, 0.3) is 11.8 Å². The van der Waals surface area contributed by atoms with E-state index in [9.17, 15) is 9.59 Å². The van der Waals surface area contributed by atoms with Crippen LogP contribution in [0.2, 0.25) is 0 Å². The molecule has 2 aromatic rings. The highest BCUT2D eigenvalue weighted by Gasteiger charge is 2.29. The first-order chi connectivity index (χ1) is 22.3. The molecule has 0 saturated carbocycles. The highest BCUT2D eigenvalue weighted by molar-refractivity contribution is 6.16. The standard InChI is InChI=1S/C34H44N8O4/c1-39-31(43)29(23-25-7-11-27(45-3)12-8-25)37-33(39)35-15-5-17-41-19-21-42(22-20-41)18-6-16-36-34-38-30(32(44)40(34)2)24-26-9-13-28(46-4)14-10-26/h7-14,23-24H,5-6,15-22H2,1-4H3,(H,35,37)(H,36,38)/b29-23-,30-24-. The van der Waals surface area contributed by atoms with Crippen LogP contribution < -0.4 is 20.1 Å². The van der Waals surface area contributed by atoms with Crippen LogP contribution in [0.1, 0.15) is 24.0 Å². The highest BCUT2D eigenvalue weighted by Crippen LogP contribution is 2.18. The molecule has 2 N–H and O–H groups in total. The van der Waals surface area contributed by atoms with Gasteiger partial charge in [-0.25, -0.2) is 0 Å². The van der Waals surface area contributed by atoms with Crippen molar-refractivity contribution in [2.75, 3.05) is 80.7 Å². The summed E-state index contributed by atoms with van der Waals surface area (Å²) in [6.45, 7) is 7.34. The molecule has 2 aromatic carbocycles.